The Bertz CT molecular complexity index is 824. The van der Waals surface area contributed by atoms with Crippen LogP contribution in [0.3, 0.4) is 0 Å². The van der Waals surface area contributed by atoms with Gasteiger partial charge in [0.25, 0.3) is 0 Å². The highest BCUT2D eigenvalue weighted by molar-refractivity contribution is 6.05. The summed E-state index contributed by atoms with van der Waals surface area (Å²) < 4.78 is 0. The summed E-state index contributed by atoms with van der Waals surface area (Å²) in [4.78, 5) is 8.86. The van der Waals surface area contributed by atoms with Crippen LogP contribution in [0.5, 0.6) is 0 Å². The van der Waals surface area contributed by atoms with Gasteiger partial charge in [0.1, 0.15) is 5.84 Å². The third-order valence-corrected chi connectivity index (χ3v) is 3.98. The Hall–Kier alpha value is -2.94. The predicted octanol–water partition coefficient (Wildman–Crippen LogP) is 4.22. The number of aromatic nitrogens is 1. The van der Waals surface area contributed by atoms with Crippen LogP contribution >= 0.6 is 0 Å². The van der Waals surface area contributed by atoms with Gasteiger partial charge in [0, 0.05) is 18.8 Å². The molecule has 3 nitrogen and oxygen atoms in total. The van der Waals surface area contributed by atoms with E-state index in [9.17, 15) is 0 Å². The van der Waals surface area contributed by atoms with Crippen LogP contribution in [0.4, 0.5) is 0 Å². The van der Waals surface area contributed by atoms with Crippen molar-refractivity contribution < 1.29 is 0 Å². The first-order valence-corrected chi connectivity index (χ1v) is 8.05. The molecule has 0 fully saturated rings. The molecule has 0 atom stereocenters. The number of hydrogen-bond donors (Lipinski definition) is 1. The van der Waals surface area contributed by atoms with Crippen LogP contribution in [0.1, 0.15) is 16.8 Å². The number of nitrogens with zero attached hydrogens (tertiary/aromatic N) is 2. The molecule has 3 aromatic rings. The van der Waals surface area contributed by atoms with E-state index in [4.69, 9.17) is 0 Å². The van der Waals surface area contributed by atoms with Gasteiger partial charge in [-0.2, -0.15) is 0 Å². The molecule has 24 heavy (non-hydrogen) atoms. The Balaban J connectivity index is 1.95. The number of aliphatic imine (C=N–C) groups is 1. The molecule has 1 aromatic heterocycles. The quantitative estimate of drug-likeness (QED) is 0.578. The van der Waals surface area contributed by atoms with Gasteiger partial charge in [0.2, 0.25) is 0 Å². The van der Waals surface area contributed by atoms with Crippen molar-refractivity contribution >= 4 is 5.84 Å². The van der Waals surface area contributed by atoms with Gasteiger partial charge in [-0.25, -0.2) is 0 Å². The van der Waals surface area contributed by atoms with E-state index >= 15 is 0 Å². The first kappa shape index (κ1) is 15.9. The lowest BCUT2D eigenvalue weighted by atomic mass is 9.95. The molecule has 120 valence electrons. The summed E-state index contributed by atoms with van der Waals surface area (Å²) in [5.74, 6) is 0.887. The maximum Gasteiger partial charge on any atom is 0.129 e. The Kier molecular flexibility index (Phi) is 5.02. The van der Waals surface area contributed by atoms with E-state index in [2.05, 4.69) is 64.7 Å². The van der Waals surface area contributed by atoms with E-state index in [1.165, 1.54) is 16.7 Å². The standard InChI is InChI=1S/C21H21N3/c1-16-9-8-13-19(17-10-4-3-5-11-17)20(16)21(22-2)24-15-18-12-6-7-14-23-18/h3-14H,15H2,1-2H3,(H,22,24). The second kappa shape index (κ2) is 7.55. The van der Waals surface area contributed by atoms with Crippen LogP contribution in [0.2, 0.25) is 0 Å². The summed E-state index contributed by atoms with van der Waals surface area (Å²) in [5, 5.41) is 3.44. The second-order valence-electron chi connectivity index (χ2n) is 5.61. The molecule has 0 spiro atoms. The van der Waals surface area contributed by atoms with Gasteiger partial charge in [0.15, 0.2) is 0 Å². The number of pyridine rings is 1. The normalized spacial score (nSPS) is 11.3. The minimum atomic E-state index is 0.649. The van der Waals surface area contributed by atoms with Crippen LogP contribution in [0.15, 0.2) is 77.9 Å². The number of aryl methyl sites for hydroxylation is 1. The minimum absolute atomic E-state index is 0.649. The summed E-state index contributed by atoms with van der Waals surface area (Å²) >= 11 is 0. The van der Waals surface area contributed by atoms with Crippen molar-refractivity contribution in [1.29, 1.82) is 0 Å². The van der Waals surface area contributed by atoms with E-state index < -0.39 is 0 Å². The zero-order valence-electron chi connectivity index (χ0n) is 14.0. The summed E-state index contributed by atoms with van der Waals surface area (Å²) in [6.45, 7) is 2.77. The third-order valence-electron chi connectivity index (χ3n) is 3.98. The summed E-state index contributed by atoms with van der Waals surface area (Å²) in [5.41, 5.74) is 5.71. The van der Waals surface area contributed by atoms with Gasteiger partial charge in [-0.3, -0.25) is 9.98 Å². The fourth-order valence-electron chi connectivity index (χ4n) is 2.80. The van der Waals surface area contributed by atoms with Gasteiger partial charge in [-0.1, -0.05) is 54.6 Å². The van der Waals surface area contributed by atoms with Crippen molar-refractivity contribution in [3.8, 4) is 11.1 Å². The highest BCUT2D eigenvalue weighted by Crippen LogP contribution is 2.26. The Morgan fingerprint density at radius 3 is 2.46 bits per heavy atom. The average Bonchev–Trinajstić information content (AvgIpc) is 2.65. The average molecular weight is 315 g/mol. The fraction of sp³-hybridized carbons (Fsp3) is 0.143. The zero-order chi connectivity index (χ0) is 16.8. The highest BCUT2D eigenvalue weighted by atomic mass is 15.0. The number of nitrogens with one attached hydrogen (secondary N) is 1. The number of rotatable bonds is 4. The van der Waals surface area contributed by atoms with E-state index in [0.717, 1.165) is 17.1 Å². The molecular formula is C21H21N3. The molecule has 2 aromatic carbocycles. The van der Waals surface area contributed by atoms with Crippen LogP contribution in [-0.4, -0.2) is 17.9 Å². The fourth-order valence-corrected chi connectivity index (χ4v) is 2.80. The van der Waals surface area contributed by atoms with E-state index in [1.807, 2.05) is 37.5 Å². The first-order valence-electron chi connectivity index (χ1n) is 8.05. The van der Waals surface area contributed by atoms with Crippen molar-refractivity contribution in [3.05, 3.63) is 89.7 Å². The number of hydrogen-bond acceptors (Lipinski definition) is 2. The van der Waals surface area contributed by atoms with Crippen molar-refractivity contribution in [3.63, 3.8) is 0 Å². The molecule has 3 heteroatoms. The van der Waals surface area contributed by atoms with Crippen molar-refractivity contribution in [2.75, 3.05) is 7.05 Å². The minimum Gasteiger partial charge on any atom is -0.364 e. The SMILES string of the molecule is CN=C(NCc1ccccn1)c1c(C)cccc1-c1ccccc1. The molecule has 3 rings (SSSR count). The monoisotopic (exact) mass is 315 g/mol. The molecule has 0 radical (unpaired) electrons. The van der Waals surface area contributed by atoms with E-state index in [0.29, 0.717) is 6.54 Å². The van der Waals surface area contributed by atoms with Gasteiger partial charge in [-0.15, -0.1) is 0 Å². The molecule has 0 saturated carbocycles. The third kappa shape index (κ3) is 3.51. The number of amidine groups is 1. The van der Waals surface area contributed by atoms with Crippen LogP contribution in [0.25, 0.3) is 11.1 Å². The van der Waals surface area contributed by atoms with Gasteiger partial charge in [-0.05, 0) is 35.7 Å². The molecule has 0 amide bonds. The smallest absolute Gasteiger partial charge is 0.129 e. The molecule has 0 bridgehead atoms. The summed E-state index contributed by atoms with van der Waals surface area (Å²) in [6.07, 6.45) is 1.81. The molecule has 1 heterocycles. The summed E-state index contributed by atoms with van der Waals surface area (Å²) in [6, 6.07) is 22.7. The summed E-state index contributed by atoms with van der Waals surface area (Å²) in [7, 11) is 1.82. The molecule has 0 aliphatic carbocycles. The van der Waals surface area contributed by atoms with Crippen molar-refractivity contribution in [2.45, 2.75) is 13.5 Å². The molecule has 0 aliphatic rings. The van der Waals surface area contributed by atoms with Crippen LogP contribution in [-0.2, 0) is 6.54 Å². The van der Waals surface area contributed by atoms with Gasteiger partial charge >= 0.3 is 0 Å². The molecule has 0 unspecified atom stereocenters. The molecule has 0 aliphatic heterocycles. The second-order valence-corrected chi connectivity index (χ2v) is 5.61. The van der Waals surface area contributed by atoms with E-state index in [1.54, 1.807) is 0 Å². The Morgan fingerprint density at radius 1 is 0.958 bits per heavy atom. The van der Waals surface area contributed by atoms with Crippen LogP contribution < -0.4 is 5.32 Å². The zero-order valence-corrected chi connectivity index (χ0v) is 14.0. The van der Waals surface area contributed by atoms with Crippen molar-refractivity contribution in [2.24, 2.45) is 4.99 Å². The maximum absolute atomic E-state index is 4.50. The highest BCUT2D eigenvalue weighted by Gasteiger charge is 2.13. The lowest BCUT2D eigenvalue weighted by Crippen LogP contribution is -2.26. The topological polar surface area (TPSA) is 37.3 Å². The van der Waals surface area contributed by atoms with Crippen LogP contribution in [0, 0.1) is 6.92 Å². The molecular weight excluding hydrogens is 294 g/mol. The van der Waals surface area contributed by atoms with Gasteiger partial charge < -0.3 is 5.32 Å². The first-order chi connectivity index (χ1) is 11.8. The lowest BCUT2D eigenvalue weighted by Gasteiger charge is -2.16. The maximum atomic E-state index is 4.50. The Labute approximate surface area is 143 Å². The molecule has 1 N–H and O–H groups in total. The number of benzene rings is 2. The lowest BCUT2D eigenvalue weighted by molar-refractivity contribution is 0.871. The van der Waals surface area contributed by atoms with Gasteiger partial charge in [0.05, 0.1) is 12.2 Å². The van der Waals surface area contributed by atoms with Crippen molar-refractivity contribution in [1.82, 2.24) is 10.3 Å². The molecule has 0 saturated heterocycles. The Morgan fingerprint density at radius 2 is 1.75 bits per heavy atom. The van der Waals surface area contributed by atoms with E-state index in [-0.39, 0.29) is 0 Å². The largest absolute Gasteiger partial charge is 0.364 e. The predicted molar refractivity (Wildman–Crippen MR) is 100 cm³/mol.